The molecule has 0 aliphatic rings. The lowest BCUT2D eigenvalue weighted by Gasteiger charge is -2.05. The van der Waals surface area contributed by atoms with Gasteiger partial charge in [0.2, 0.25) is 0 Å². The number of carbonyl (C=O) groups excluding carboxylic acids is 2. The Morgan fingerprint density at radius 1 is 1.18 bits per heavy atom. The first-order valence-corrected chi connectivity index (χ1v) is 8.67. The van der Waals surface area contributed by atoms with Gasteiger partial charge in [-0.15, -0.1) is 0 Å². The maximum atomic E-state index is 11.7. The molecule has 2 aromatic carbocycles. The molecule has 1 heterocycles. The van der Waals surface area contributed by atoms with Crippen LogP contribution in [0.25, 0.3) is 10.9 Å². The summed E-state index contributed by atoms with van der Waals surface area (Å²) in [5.41, 5.74) is 2.64. The van der Waals surface area contributed by atoms with Crippen LogP contribution in [0.2, 0.25) is 0 Å². The Balaban J connectivity index is 1.48. The third-order valence-electron chi connectivity index (χ3n) is 3.92. The number of fused-ring (bicyclic) bond motifs is 1. The molecule has 1 aromatic heterocycles. The number of carbonyl (C=O) groups is 2. The van der Waals surface area contributed by atoms with Gasteiger partial charge in [0, 0.05) is 18.4 Å². The number of alkyl carbamates (subject to hydrolysis) is 1. The SMILES string of the molecule is COC(=O)c1ccc2c(C#CCCNC(=O)OCc3ccccc3)[nH]nc2c1. The van der Waals surface area contributed by atoms with Crippen LogP contribution in [0.15, 0.2) is 48.5 Å². The van der Waals surface area contributed by atoms with Crippen LogP contribution in [-0.4, -0.2) is 35.9 Å². The Bertz CT molecular complexity index is 1030. The van der Waals surface area contributed by atoms with Crippen LogP contribution in [0.5, 0.6) is 0 Å². The maximum Gasteiger partial charge on any atom is 0.407 e. The fourth-order valence-corrected chi connectivity index (χ4v) is 2.50. The first-order valence-electron chi connectivity index (χ1n) is 8.67. The summed E-state index contributed by atoms with van der Waals surface area (Å²) in [6.45, 7) is 0.602. The van der Waals surface area contributed by atoms with E-state index < -0.39 is 12.1 Å². The first kappa shape index (κ1) is 19.0. The van der Waals surface area contributed by atoms with Gasteiger partial charge < -0.3 is 14.8 Å². The normalized spacial score (nSPS) is 10.0. The molecule has 0 saturated heterocycles. The third kappa shape index (κ3) is 4.89. The number of nitrogens with one attached hydrogen (secondary N) is 2. The van der Waals surface area contributed by atoms with Crippen molar-refractivity contribution in [3.8, 4) is 11.8 Å². The minimum Gasteiger partial charge on any atom is -0.465 e. The third-order valence-corrected chi connectivity index (χ3v) is 3.92. The van der Waals surface area contributed by atoms with Crippen LogP contribution in [0.3, 0.4) is 0 Å². The largest absolute Gasteiger partial charge is 0.465 e. The van der Waals surface area contributed by atoms with Gasteiger partial charge in [-0.1, -0.05) is 36.3 Å². The molecule has 7 heteroatoms. The fraction of sp³-hybridized carbons (Fsp3) is 0.190. The lowest BCUT2D eigenvalue weighted by atomic mass is 10.1. The van der Waals surface area contributed by atoms with Gasteiger partial charge >= 0.3 is 12.1 Å². The van der Waals surface area contributed by atoms with Crippen molar-refractivity contribution in [3.63, 3.8) is 0 Å². The molecule has 0 spiro atoms. The Hall–Kier alpha value is -3.79. The van der Waals surface area contributed by atoms with E-state index in [1.807, 2.05) is 30.3 Å². The summed E-state index contributed by atoms with van der Waals surface area (Å²) in [6.07, 6.45) is -0.0192. The zero-order valence-electron chi connectivity index (χ0n) is 15.3. The van der Waals surface area contributed by atoms with Gasteiger partial charge in [-0.2, -0.15) is 5.10 Å². The first-order chi connectivity index (χ1) is 13.7. The van der Waals surface area contributed by atoms with Crippen LogP contribution in [0.1, 0.15) is 28.0 Å². The van der Waals surface area contributed by atoms with Crippen molar-refractivity contribution in [3.05, 3.63) is 65.4 Å². The summed E-state index contributed by atoms with van der Waals surface area (Å²) in [4.78, 5) is 23.2. The zero-order chi connectivity index (χ0) is 19.8. The predicted octanol–water partition coefficient (Wildman–Crippen LogP) is 3.02. The molecule has 2 N–H and O–H groups in total. The summed E-state index contributed by atoms with van der Waals surface area (Å²) in [7, 11) is 1.33. The van der Waals surface area contributed by atoms with Crippen molar-refractivity contribution in [2.45, 2.75) is 13.0 Å². The molecule has 0 aliphatic carbocycles. The summed E-state index contributed by atoms with van der Waals surface area (Å²) < 4.78 is 9.82. The number of aromatic amines is 1. The van der Waals surface area contributed by atoms with E-state index in [0.29, 0.717) is 29.7 Å². The van der Waals surface area contributed by atoms with Crippen molar-refractivity contribution in [1.82, 2.24) is 15.5 Å². The Kier molecular flexibility index (Phi) is 6.26. The molecule has 28 heavy (non-hydrogen) atoms. The average molecular weight is 377 g/mol. The second-order valence-corrected chi connectivity index (χ2v) is 5.86. The maximum absolute atomic E-state index is 11.7. The van der Waals surface area contributed by atoms with Crippen molar-refractivity contribution >= 4 is 23.0 Å². The number of rotatable bonds is 5. The van der Waals surface area contributed by atoms with Crippen molar-refractivity contribution in [2.75, 3.05) is 13.7 Å². The highest BCUT2D eigenvalue weighted by Gasteiger charge is 2.09. The highest BCUT2D eigenvalue weighted by molar-refractivity contribution is 5.95. The van der Waals surface area contributed by atoms with E-state index in [1.54, 1.807) is 18.2 Å². The Morgan fingerprint density at radius 2 is 2.00 bits per heavy atom. The lowest BCUT2D eigenvalue weighted by molar-refractivity contribution is 0.0601. The van der Waals surface area contributed by atoms with E-state index in [1.165, 1.54) is 7.11 Å². The number of methoxy groups -OCH3 is 1. The van der Waals surface area contributed by atoms with E-state index in [4.69, 9.17) is 9.47 Å². The second kappa shape index (κ2) is 9.24. The molecule has 3 rings (SSSR count). The van der Waals surface area contributed by atoms with Gasteiger partial charge in [0.1, 0.15) is 12.3 Å². The smallest absolute Gasteiger partial charge is 0.407 e. The highest BCUT2D eigenvalue weighted by Crippen LogP contribution is 2.17. The van der Waals surface area contributed by atoms with Gasteiger partial charge in [-0.05, 0) is 29.7 Å². The Morgan fingerprint density at radius 3 is 2.79 bits per heavy atom. The van der Waals surface area contributed by atoms with Crippen LogP contribution in [0.4, 0.5) is 4.79 Å². The fourth-order valence-electron chi connectivity index (χ4n) is 2.50. The number of esters is 1. The monoisotopic (exact) mass is 377 g/mol. The molecular formula is C21H19N3O4. The number of H-pyrrole nitrogens is 1. The van der Waals surface area contributed by atoms with Gasteiger partial charge in [-0.3, -0.25) is 5.10 Å². The minimum absolute atomic E-state index is 0.228. The van der Waals surface area contributed by atoms with Crippen LogP contribution in [0, 0.1) is 11.8 Å². The van der Waals surface area contributed by atoms with Crippen molar-refractivity contribution < 1.29 is 19.1 Å². The van der Waals surface area contributed by atoms with E-state index in [2.05, 4.69) is 27.4 Å². The molecular weight excluding hydrogens is 358 g/mol. The minimum atomic E-state index is -0.479. The molecule has 3 aromatic rings. The molecule has 0 saturated carbocycles. The number of amides is 1. The highest BCUT2D eigenvalue weighted by atomic mass is 16.5. The van der Waals surface area contributed by atoms with E-state index in [9.17, 15) is 9.59 Å². The molecule has 0 fully saturated rings. The van der Waals surface area contributed by atoms with E-state index in [-0.39, 0.29) is 6.61 Å². The second-order valence-electron chi connectivity index (χ2n) is 5.86. The number of benzene rings is 2. The summed E-state index contributed by atoms with van der Waals surface area (Å²) in [6, 6.07) is 14.6. The Labute approximate surface area is 162 Å². The predicted molar refractivity (Wildman–Crippen MR) is 104 cm³/mol. The summed E-state index contributed by atoms with van der Waals surface area (Å²) in [5, 5.41) is 10.5. The summed E-state index contributed by atoms with van der Waals surface area (Å²) in [5.74, 6) is 5.55. The molecule has 142 valence electrons. The van der Waals surface area contributed by atoms with Gasteiger partial charge in [0.15, 0.2) is 0 Å². The van der Waals surface area contributed by atoms with E-state index in [0.717, 1.165) is 10.9 Å². The number of nitrogens with zero attached hydrogens (tertiary/aromatic N) is 1. The van der Waals surface area contributed by atoms with Gasteiger partial charge in [0.25, 0.3) is 0 Å². The van der Waals surface area contributed by atoms with Crippen LogP contribution in [-0.2, 0) is 16.1 Å². The van der Waals surface area contributed by atoms with E-state index >= 15 is 0 Å². The molecule has 0 aliphatic heterocycles. The zero-order valence-corrected chi connectivity index (χ0v) is 15.3. The number of hydrogen-bond acceptors (Lipinski definition) is 5. The molecule has 0 unspecified atom stereocenters. The summed E-state index contributed by atoms with van der Waals surface area (Å²) >= 11 is 0. The number of ether oxygens (including phenoxy) is 2. The average Bonchev–Trinajstić information content (AvgIpc) is 3.14. The van der Waals surface area contributed by atoms with Gasteiger partial charge in [0.05, 0.1) is 18.2 Å². The molecule has 0 radical (unpaired) electrons. The lowest BCUT2D eigenvalue weighted by Crippen LogP contribution is -2.24. The van der Waals surface area contributed by atoms with Crippen molar-refractivity contribution in [1.29, 1.82) is 0 Å². The number of aromatic nitrogens is 2. The number of hydrogen-bond donors (Lipinski definition) is 2. The molecule has 1 amide bonds. The van der Waals surface area contributed by atoms with Crippen LogP contribution >= 0.6 is 0 Å². The molecule has 7 nitrogen and oxygen atoms in total. The standard InChI is InChI=1S/C21H19N3O4/c1-27-20(25)16-10-11-17-18(23-24-19(17)13-16)9-5-6-12-22-21(26)28-14-15-7-3-2-4-8-15/h2-4,7-8,10-11,13H,6,12,14H2,1H3,(H,22,26)(H,23,24). The molecule has 0 atom stereocenters. The van der Waals surface area contributed by atoms with Crippen molar-refractivity contribution in [2.24, 2.45) is 0 Å². The topological polar surface area (TPSA) is 93.3 Å². The van der Waals surface area contributed by atoms with Crippen LogP contribution < -0.4 is 5.32 Å². The van der Waals surface area contributed by atoms with Gasteiger partial charge in [-0.25, -0.2) is 9.59 Å². The molecule has 0 bridgehead atoms. The quantitative estimate of drug-likeness (QED) is 0.405.